The van der Waals surface area contributed by atoms with Crippen LogP contribution in [-0.2, 0) is 16.1 Å². The smallest absolute Gasteiger partial charge is 0.295 e. The summed E-state index contributed by atoms with van der Waals surface area (Å²) in [6.45, 7) is 1.67. The third kappa shape index (κ3) is 3.77. The van der Waals surface area contributed by atoms with Crippen molar-refractivity contribution >= 4 is 17.4 Å². The number of carbonyl (C=O) groups is 2. The number of aromatic nitrogens is 1. The van der Waals surface area contributed by atoms with E-state index in [2.05, 4.69) is 4.98 Å². The van der Waals surface area contributed by atoms with Gasteiger partial charge in [-0.1, -0.05) is 12.1 Å². The quantitative estimate of drug-likeness (QED) is 0.382. The minimum Gasteiger partial charge on any atom is -0.508 e. The Morgan fingerprint density at radius 3 is 2.39 bits per heavy atom. The van der Waals surface area contributed by atoms with Gasteiger partial charge in [0.25, 0.3) is 11.7 Å². The van der Waals surface area contributed by atoms with Crippen molar-refractivity contribution in [2.45, 2.75) is 19.5 Å². The normalized spacial score (nSPS) is 17.9. The van der Waals surface area contributed by atoms with Crippen molar-refractivity contribution in [1.82, 2.24) is 9.88 Å². The number of rotatable bonds is 4. The second kappa shape index (κ2) is 8.02. The molecule has 2 aromatic carbocycles. The van der Waals surface area contributed by atoms with Crippen molar-refractivity contribution in [2.24, 2.45) is 0 Å². The van der Waals surface area contributed by atoms with Gasteiger partial charge in [0.2, 0.25) is 0 Å². The number of Topliss-reactive ketones (excluding diaryl/α,β-unsaturated/α-hetero) is 1. The molecule has 2 N–H and O–H groups in total. The molecule has 1 aliphatic heterocycles. The molecule has 0 bridgehead atoms. The number of halogens is 1. The average Bonchev–Trinajstić information content (AvgIpc) is 3.01. The highest BCUT2D eigenvalue weighted by Gasteiger charge is 2.46. The average molecular weight is 418 g/mol. The highest BCUT2D eigenvalue weighted by atomic mass is 19.1. The Morgan fingerprint density at radius 2 is 1.74 bits per heavy atom. The first-order chi connectivity index (χ1) is 14.9. The van der Waals surface area contributed by atoms with Gasteiger partial charge in [-0.15, -0.1) is 0 Å². The molecule has 6 nitrogen and oxygen atoms in total. The lowest BCUT2D eigenvalue weighted by atomic mass is 9.94. The van der Waals surface area contributed by atoms with Crippen molar-refractivity contribution < 1.29 is 24.2 Å². The number of aliphatic hydroxyl groups is 1. The van der Waals surface area contributed by atoms with Gasteiger partial charge in [-0.3, -0.25) is 14.6 Å². The SMILES string of the molecule is Cc1cc(/C(O)=C2/C(=O)C(=O)N(Cc3ccncc3)C2c2ccc(O)cc2)ccc1F. The van der Waals surface area contributed by atoms with Gasteiger partial charge in [0, 0.05) is 24.5 Å². The summed E-state index contributed by atoms with van der Waals surface area (Å²) in [6, 6.07) is 12.7. The third-order valence-electron chi connectivity index (χ3n) is 5.28. The maximum Gasteiger partial charge on any atom is 0.295 e. The molecular weight excluding hydrogens is 399 g/mol. The molecule has 1 saturated heterocycles. The molecule has 0 aliphatic carbocycles. The van der Waals surface area contributed by atoms with Gasteiger partial charge in [0.15, 0.2) is 0 Å². The number of aliphatic hydroxyl groups excluding tert-OH is 1. The van der Waals surface area contributed by atoms with Crippen LogP contribution >= 0.6 is 0 Å². The first-order valence-corrected chi connectivity index (χ1v) is 9.59. The molecule has 31 heavy (non-hydrogen) atoms. The molecule has 4 rings (SSSR count). The number of pyridine rings is 1. The summed E-state index contributed by atoms with van der Waals surface area (Å²) >= 11 is 0. The Hall–Kier alpha value is -4.00. The zero-order valence-electron chi connectivity index (χ0n) is 16.6. The summed E-state index contributed by atoms with van der Waals surface area (Å²) in [5.74, 6) is -2.37. The summed E-state index contributed by atoms with van der Waals surface area (Å²) in [4.78, 5) is 31.2. The molecule has 2 heterocycles. The number of aryl methyl sites for hydroxylation is 1. The van der Waals surface area contributed by atoms with E-state index in [-0.39, 0.29) is 29.2 Å². The molecule has 1 aromatic heterocycles. The largest absolute Gasteiger partial charge is 0.508 e. The molecule has 7 heteroatoms. The lowest BCUT2D eigenvalue weighted by Gasteiger charge is -2.25. The van der Waals surface area contributed by atoms with Crippen LogP contribution in [0.1, 0.15) is 28.3 Å². The number of hydrogen-bond acceptors (Lipinski definition) is 5. The molecule has 1 atom stereocenters. The van der Waals surface area contributed by atoms with Crippen LogP contribution in [0, 0.1) is 12.7 Å². The molecule has 0 saturated carbocycles. The van der Waals surface area contributed by atoms with Crippen molar-refractivity contribution in [2.75, 3.05) is 0 Å². The number of nitrogens with zero attached hydrogens (tertiary/aromatic N) is 2. The number of carbonyl (C=O) groups excluding carboxylic acids is 2. The number of phenolic OH excluding ortho intramolecular Hbond substituents is 1. The fraction of sp³-hybridized carbons (Fsp3) is 0.125. The maximum absolute atomic E-state index is 13.7. The first kappa shape index (κ1) is 20.3. The highest BCUT2D eigenvalue weighted by molar-refractivity contribution is 6.46. The van der Waals surface area contributed by atoms with E-state index in [4.69, 9.17) is 0 Å². The molecule has 156 valence electrons. The summed E-state index contributed by atoms with van der Waals surface area (Å²) in [6.07, 6.45) is 3.17. The standard InChI is InChI=1S/C24H19FN2O4/c1-14-12-17(4-7-19(14)25)22(29)20-21(16-2-5-18(28)6-3-16)27(24(31)23(20)30)13-15-8-10-26-11-9-15/h2-12,21,28-29H,13H2,1H3/b22-20-. The van der Waals surface area contributed by atoms with Gasteiger partial charge in [-0.05, 0) is 66.1 Å². The second-order valence-corrected chi connectivity index (χ2v) is 7.34. The van der Waals surface area contributed by atoms with E-state index >= 15 is 0 Å². The summed E-state index contributed by atoms with van der Waals surface area (Å²) in [5.41, 5.74) is 1.77. The summed E-state index contributed by atoms with van der Waals surface area (Å²) in [7, 11) is 0. The number of aromatic hydroxyl groups is 1. The minimum absolute atomic E-state index is 0.0315. The van der Waals surface area contributed by atoms with Crippen LogP contribution in [0.2, 0.25) is 0 Å². The van der Waals surface area contributed by atoms with E-state index in [0.29, 0.717) is 11.1 Å². The predicted octanol–water partition coefficient (Wildman–Crippen LogP) is 3.86. The van der Waals surface area contributed by atoms with Crippen LogP contribution in [0.3, 0.4) is 0 Å². The molecule has 1 aliphatic rings. The number of benzene rings is 2. The first-order valence-electron chi connectivity index (χ1n) is 9.59. The fourth-order valence-corrected chi connectivity index (χ4v) is 3.68. The van der Waals surface area contributed by atoms with Gasteiger partial charge in [0.1, 0.15) is 17.3 Å². The Labute approximate surface area is 177 Å². The summed E-state index contributed by atoms with van der Waals surface area (Å²) in [5, 5.41) is 20.7. The van der Waals surface area contributed by atoms with E-state index < -0.39 is 23.5 Å². The summed E-state index contributed by atoms with van der Waals surface area (Å²) < 4.78 is 13.7. The number of phenols is 1. The lowest BCUT2D eigenvalue weighted by Crippen LogP contribution is -2.29. The van der Waals surface area contributed by atoms with Crippen LogP contribution in [0.25, 0.3) is 5.76 Å². The molecule has 0 radical (unpaired) electrons. The minimum atomic E-state index is -0.876. The van der Waals surface area contributed by atoms with Gasteiger partial charge in [-0.2, -0.15) is 0 Å². The lowest BCUT2D eigenvalue weighted by molar-refractivity contribution is -0.140. The zero-order chi connectivity index (χ0) is 22.1. The topological polar surface area (TPSA) is 90.7 Å². The van der Waals surface area contributed by atoms with E-state index in [1.54, 1.807) is 43.6 Å². The predicted molar refractivity (Wildman–Crippen MR) is 111 cm³/mol. The van der Waals surface area contributed by atoms with E-state index in [1.807, 2.05) is 0 Å². The van der Waals surface area contributed by atoms with Crippen LogP contribution in [0.4, 0.5) is 4.39 Å². The number of ketones is 1. The van der Waals surface area contributed by atoms with Gasteiger partial charge >= 0.3 is 0 Å². The van der Waals surface area contributed by atoms with Crippen LogP contribution in [0.15, 0.2) is 72.6 Å². The van der Waals surface area contributed by atoms with Crippen LogP contribution in [0.5, 0.6) is 5.75 Å². The molecule has 1 fully saturated rings. The van der Waals surface area contributed by atoms with Crippen LogP contribution < -0.4 is 0 Å². The van der Waals surface area contributed by atoms with Gasteiger partial charge in [-0.25, -0.2) is 4.39 Å². The number of hydrogen-bond donors (Lipinski definition) is 2. The van der Waals surface area contributed by atoms with Gasteiger partial charge in [0.05, 0.1) is 11.6 Å². The highest BCUT2D eigenvalue weighted by Crippen LogP contribution is 2.40. The van der Waals surface area contributed by atoms with Gasteiger partial charge < -0.3 is 15.1 Å². The zero-order valence-corrected chi connectivity index (χ0v) is 16.6. The fourth-order valence-electron chi connectivity index (χ4n) is 3.68. The van der Waals surface area contributed by atoms with E-state index in [9.17, 15) is 24.2 Å². The Bertz CT molecular complexity index is 1190. The molecule has 0 spiro atoms. The molecule has 3 aromatic rings. The van der Waals surface area contributed by atoms with Crippen molar-refractivity contribution in [3.63, 3.8) is 0 Å². The number of amides is 1. The van der Waals surface area contributed by atoms with E-state index in [1.165, 1.54) is 35.2 Å². The number of likely N-dealkylation sites (tertiary alicyclic amines) is 1. The molecule has 1 unspecified atom stereocenters. The molecule has 1 amide bonds. The monoisotopic (exact) mass is 418 g/mol. The Balaban J connectivity index is 1.87. The third-order valence-corrected chi connectivity index (χ3v) is 5.28. The second-order valence-electron chi connectivity index (χ2n) is 7.34. The van der Waals surface area contributed by atoms with Crippen LogP contribution in [-0.4, -0.2) is 31.8 Å². The van der Waals surface area contributed by atoms with Crippen molar-refractivity contribution in [3.8, 4) is 5.75 Å². The van der Waals surface area contributed by atoms with E-state index in [0.717, 1.165) is 5.56 Å². The maximum atomic E-state index is 13.7. The molecular formula is C24H19FN2O4. The van der Waals surface area contributed by atoms with Crippen molar-refractivity contribution in [3.05, 3.63) is 101 Å². The Kier molecular flexibility index (Phi) is 5.25. The Morgan fingerprint density at radius 1 is 1.06 bits per heavy atom. The van der Waals surface area contributed by atoms with Crippen molar-refractivity contribution in [1.29, 1.82) is 0 Å².